The van der Waals surface area contributed by atoms with Gasteiger partial charge in [-0.1, -0.05) is 18.2 Å². The molecule has 0 amide bonds. The van der Waals surface area contributed by atoms with Crippen molar-refractivity contribution in [3.05, 3.63) is 54.5 Å². The van der Waals surface area contributed by atoms with Crippen LogP contribution in [-0.4, -0.2) is 37.6 Å². The highest BCUT2D eigenvalue weighted by Gasteiger charge is 2.25. The molecule has 0 aliphatic carbocycles. The minimum Gasteiger partial charge on any atom is -0.468 e. The van der Waals surface area contributed by atoms with Crippen LogP contribution in [0.1, 0.15) is 11.8 Å². The summed E-state index contributed by atoms with van der Waals surface area (Å²) in [7, 11) is 0. The number of benzene rings is 1. The van der Waals surface area contributed by atoms with Crippen LogP contribution in [0, 0.1) is 0 Å². The van der Waals surface area contributed by atoms with E-state index in [2.05, 4.69) is 40.1 Å². The number of nitrogens with two attached hydrogens (primary N) is 1. The van der Waals surface area contributed by atoms with E-state index in [1.165, 1.54) is 5.69 Å². The van der Waals surface area contributed by atoms with Gasteiger partial charge in [-0.15, -0.1) is 0 Å². The Kier molecular flexibility index (Phi) is 4.04. The molecule has 2 heterocycles. The zero-order valence-electron chi connectivity index (χ0n) is 11.6. The van der Waals surface area contributed by atoms with Crippen molar-refractivity contribution in [2.45, 2.75) is 6.04 Å². The van der Waals surface area contributed by atoms with Crippen molar-refractivity contribution in [1.82, 2.24) is 4.90 Å². The summed E-state index contributed by atoms with van der Waals surface area (Å²) in [6, 6.07) is 14.7. The monoisotopic (exact) mass is 271 g/mol. The Morgan fingerprint density at radius 2 is 1.75 bits per heavy atom. The van der Waals surface area contributed by atoms with Crippen LogP contribution in [0.4, 0.5) is 5.69 Å². The van der Waals surface area contributed by atoms with E-state index < -0.39 is 0 Å². The molecule has 1 aromatic carbocycles. The van der Waals surface area contributed by atoms with Gasteiger partial charge in [0.15, 0.2) is 0 Å². The Labute approximate surface area is 119 Å². The average molecular weight is 271 g/mol. The summed E-state index contributed by atoms with van der Waals surface area (Å²) in [5, 5.41) is 0. The van der Waals surface area contributed by atoms with Crippen LogP contribution in [-0.2, 0) is 0 Å². The number of furan rings is 1. The van der Waals surface area contributed by atoms with E-state index in [1.807, 2.05) is 12.1 Å². The van der Waals surface area contributed by atoms with Crippen LogP contribution in [0.15, 0.2) is 53.1 Å². The molecule has 0 unspecified atom stereocenters. The number of rotatable bonds is 4. The third kappa shape index (κ3) is 2.71. The molecule has 1 fully saturated rings. The van der Waals surface area contributed by atoms with Gasteiger partial charge in [-0.2, -0.15) is 0 Å². The van der Waals surface area contributed by atoms with Crippen molar-refractivity contribution in [2.75, 3.05) is 37.6 Å². The Bertz CT molecular complexity index is 504. The third-order valence-electron chi connectivity index (χ3n) is 3.97. The Hall–Kier alpha value is -1.78. The molecule has 1 aliphatic rings. The summed E-state index contributed by atoms with van der Waals surface area (Å²) in [4.78, 5) is 4.84. The van der Waals surface area contributed by atoms with E-state index in [0.29, 0.717) is 6.54 Å². The summed E-state index contributed by atoms with van der Waals surface area (Å²) >= 11 is 0. The topological polar surface area (TPSA) is 45.6 Å². The van der Waals surface area contributed by atoms with Crippen molar-refractivity contribution >= 4 is 5.69 Å². The van der Waals surface area contributed by atoms with Crippen molar-refractivity contribution in [3.63, 3.8) is 0 Å². The summed E-state index contributed by atoms with van der Waals surface area (Å²) in [6.07, 6.45) is 1.72. The van der Waals surface area contributed by atoms with Crippen LogP contribution in [0.2, 0.25) is 0 Å². The van der Waals surface area contributed by atoms with Gasteiger partial charge in [0.25, 0.3) is 0 Å². The fourth-order valence-electron chi connectivity index (χ4n) is 2.86. The van der Waals surface area contributed by atoms with Crippen LogP contribution in [0.5, 0.6) is 0 Å². The molecule has 0 saturated carbocycles. The van der Waals surface area contributed by atoms with E-state index in [4.69, 9.17) is 10.2 Å². The first kappa shape index (κ1) is 13.2. The first-order valence-corrected chi connectivity index (χ1v) is 7.16. The largest absolute Gasteiger partial charge is 0.468 e. The highest BCUT2D eigenvalue weighted by atomic mass is 16.3. The standard InChI is InChI=1S/C16H21N3O/c17-13-15(16-7-4-12-20-16)19-10-8-18(9-11-19)14-5-2-1-3-6-14/h1-7,12,15H,8-11,13,17H2/t15-/m1/s1. The highest BCUT2D eigenvalue weighted by molar-refractivity contribution is 5.46. The van der Waals surface area contributed by atoms with Gasteiger partial charge in [-0.25, -0.2) is 0 Å². The maximum absolute atomic E-state index is 5.93. The molecule has 1 aromatic heterocycles. The minimum atomic E-state index is 0.197. The molecular weight excluding hydrogens is 250 g/mol. The molecule has 2 N–H and O–H groups in total. The molecule has 20 heavy (non-hydrogen) atoms. The highest BCUT2D eigenvalue weighted by Crippen LogP contribution is 2.23. The normalized spacial score (nSPS) is 18.1. The minimum absolute atomic E-state index is 0.197. The lowest BCUT2D eigenvalue weighted by molar-refractivity contribution is 0.169. The lowest BCUT2D eigenvalue weighted by Crippen LogP contribution is -2.49. The number of piperazine rings is 1. The van der Waals surface area contributed by atoms with Gasteiger partial charge in [0.1, 0.15) is 5.76 Å². The third-order valence-corrected chi connectivity index (χ3v) is 3.97. The van der Waals surface area contributed by atoms with Gasteiger partial charge < -0.3 is 15.1 Å². The van der Waals surface area contributed by atoms with Gasteiger partial charge in [-0.3, -0.25) is 4.90 Å². The Morgan fingerprint density at radius 3 is 2.35 bits per heavy atom. The summed E-state index contributed by atoms with van der Waals surface area (Å²) in [6.45, 7) is 4.68. The molecule has 1 atom stereocenters. The zero-order valence-corrected chi connectivity index (χ0v) is 11.6. The Morgan fingerprint density at radius 1 is 1.00 bits per heavy atom. The molecule has 1 aliphatic heterocycles. The van der Waals surface area contributed by atoms with Crippen molar-refractivity contribution < 1.29 is 4.42 Å². The van der Waals surface area contributed by atoms with Gasteiger partial charge in [0.05, 0.1) is 12.3 Å². The lowest BCUT2D eigenvalue weighted by Gasteiger charge is -2.39. The fraction of sp³-hybridized carbons (Fsp3) is 0.375. The maximum atomic E-state index is 5.93. The van der Waals surface area contributed by atoms with E-state index in [0.717, 1.165) is 31.9 Å². The van der Waals surface area contributed by atoms with Gasteiger partial charge in [0, 0.05) is 38.4 Å². The van der Waals surface area contributed by atoms with E-state index >= 15 is 0 Å². The predicted molar refractivity (Wildman–Crippen MR) is 80.7 cm³/mol. The van der Waals surface area contributed by atoms with Crippen molar-refractivity contribution in [3.8, 4) is 0 Å². The second-order valence-corrected chi connectivity index (χ2v) is 5.13. The number of anilines is 1. The van der Waals surface area contributed by atoms with Gasteiger partial charge >= 0.3 is 0 Å². The number of para-hydroxylation sites is 1. The molecule has 0 spiro atoms. The van der Waals surface area contributed by atoms with Gasteiger partial charge in [-0.05, 0) is 24.3 Å². The quantitative estimate of drug-likeness (QED) is 0.925. The first-order chi connectivity index (χ1) is 9.88. The second-order valence-electron chi connectivity index (χ2n) is 5.13. The zero-order chi connectivity index (χ0) is 13.8. The SMILES string of the molecule is NC[C@H](c1ccco1)N1CCN(c2ccccc2)CC1. The molecule has 0 bridgehead atoms. The van der Waals surface area contributed by atoms with E-state index in [-0.39, 0.29) is 6.04 Å². The number of nitrogens with zero attached hydrogens (tertiary/aromatic N) is 2. The molecule has 106 valence electrons. The Balaban J connectivity index is 1.63. The second kappa shape index (κ2) is 6.11. The molecule has 4 heteroatoms. The lowest BCUT2D eigenvalue weighted by atomic mass is 10.1. The van der Waals surface area contributed by atoms with Crippen molar-refractivity contribution in [2.24, 2.45) is 5.73 Å². The fourth-order valence-corrected chi connectivity index (χ4v) is 2.86. The average Bonchev–Trinajstić information content (AvgIpc) is 3.04. The van der Waals surface area contributed by atoms with Gasteiger partial charge in [0.2, 0.25) is 0 Å². The van der Waals surface area contributed by atoms with Crippen molar-refractivity contribution in [1.29, 1.82) is 0 Å². The summed E-state index contributed by atoms with van der Waals surface area (Å²) in [5.41, 5.74) is 7.23. The summed E-state index contributed by atoms with van der Waals surface area (Å²) in [5.74, 6) is 0.973. The molecular formula is C16H21N3O. The van der Waals surface area contributed by atoms with Crippen LogP contribution in [0.3, 0.4) is 0 Å². The van der Waals surface area contributed by atoms with Crippen LogP contribution in [0.25, 0.3) is 0 Å². The molecule has 2 aromatic rings. The van der Waals surface area contributed by atoms with E-state index in [1.54, 1.807) is 6.26 Å². The molecule has 1 saturated heterocycles. The van der Waals surface area contributed by atoms with E-state index in [9.17, 15) is 0 Å². The predicted octanol–water partition coefficient (Wildman–Crippen LogP) is 2.10. The van der Waals surface area contributed by atoms with Crippen LogP contribution >= 0.6 is 0 Å². The first-order valence-electron chi connectivity index (χ1n) is 7.16. The number of hydrogen-bond acceptors (Lipinski definition) is 4. The maximum Gasteiger partial charge on any atom is 0.122 e. The molecule has 0 radical (unpaired) electrons. The number of hydrogen-bond donors (Lipinski definition) is 1. The smallest absolute Gasteiger partial charge is 0.122 e. The van der Waals surface area contributed by atoms with Crippen LogP contribution < -0.4 is 10.6 Å². The molecule has 3 rings (SSSR count). The summed E-state index contributed by atoms with van der Waals surface area (Å²) < 4.78 is 5.52. The molecule has 4 nitrogen and oxygen atoms in total.